The van der Waals surface area contributed by atoms with Crippen LogP contribution in [-0.2, 0) is 23.7 Å². The van der Waals surface area contributed by atoms with E-state index in [0.29, 0.717) is 40.5 Å². The molecule has 0 saturated heterocycles. The zero-order chi connectivity index (χ0) is 19.8. The highest BCUT2D eigenvalue weighted by Crippen LogP contribution is 2.38. The lowest BCUT2D eigenvalue weighted by Gasteiger charge is -2.37. The van der Waals surface area contributed by atoms with E-state index in [1.807, 2.05) is 12.1 Å². The van der Waals surface area contributed by atoms with Gasteiger partial charge in [-0.3, -0.25) is 0 Å². The van der Waals surface area contributed by atoms with Gasteiger partial charge in [-0.2, -0.15) is 0 Å². The summed E-state index contributed by atoms with van der Waals surface area (Å²) in [6.45, 7) is 12.2. The Kier molecular flexibility index (Phi) is 5.56. The first-order valence-electron chi connectivity index (χ1n) is 9.78. The van der Waals surface area contributed by atoms with Gasteiger partial charge in [0.05, 0.1) is 0 Å². The van der Waals surface area contributed by atoms with Crippen LogP contribution in [0.2, 0.25) is 18.1 Å². The summed E-state index contributed by atoms with van der Waals surface area (Å²) in [5, 5.41) is 25.5. The minimum absolute atomic E-state index is 0.0698. The molecule has 1 heterocycles. The Morgan fingerprint density at radius 2 is 1.93 bits per heavy atom. The fourth-order valence-electron chi connectivity index (χ4n) is 3.30. The minimum Gasteiger partial charge on any atom is -0.594 e. The zero-order valence-corrected chi connectivity index (χ0v) is 18.1. The Hall–Kier alpha value is -1.57. The van der Waals surface area contributed by atoms with E-state index in [0.717, 1.165) is 19.4 Å². The Bertz CT molecular complexity index is 833. The number of aliphatic hydroxyl groups excluding tert-OH is 1. The number of hydrogen-bond acceptors (Lipinski definition) is 5. The predicted octanol–water partition coefficient (Wildman–Crippen LogP) is 2.92. The summed E-state index contributed by atoms with van der Waals surface area (Å²) >= 11 is 0. The summed E-state index contributed by atoms with van der Waals surface area (Å²) < 4.78 is 6.41. The molecule has 1 aromatic heterocycles. The van der Waals surface area contributed by atoms with Crippen molar-refractivity contribution < 1.29 is 14.4 Å². The van der Waals surface area contributed by atoms with Crippen LogP contribution < -0.4 is 4.85 Å². The monoisotopic (exact) mass is 389 g/mol. The normalized spacial score (nSPS) is 17.5. The first-order chi connectivity index (χ1) is 12.6. The molecule has 2 aromatic rings. The van der Waals surface area contributed by atoms with E-state index in [2.05, 4.69) is 43.9 Å². The third-order valence-corrected chi connectivity index (χ3v) is 10.5. The van der Waals surface area contributed by atoms with Crippen molar-refractivity contribution >= 4 is 19.4 Å². The molecular formula is C20H31N3O3Si. The van der Waals surface area contributed by atoms with E-state index in [1.54, 1.807) is 0 Å². The lowest BCUT2D eigenvalue weighted by Crippen LogP contribution is -2.42. The molecule has 1 N–H and O–H groups in total. The first-order valence-corrected chi connectivity index (χ1v) is 12.7. The van der Waals surface area contributed by atoms with E-state index < -0.39 is 8.32 Å². The molecule has 1 unspecified atom stereocenters. The van der Waals surface area contributed by atoms with Gasteiger partial charge in [-0.15, -0.1) is 0 Å². The van der Waals surface area contributed by atoms with Gasteiger partial charge in [0.25, 0.3) is 5.52 Å². The summed E-state index contributed by atoms with van der Waals surface area (Å²) in [7, 11) is -1.75. The molecule has 148 valence electrons. The number of fused-ring (bicyclic) bond motifs is 2. The Balaban J connectivity index is 1.77. The van der Waals surface area contributed by atoms with Gasteiger partial charge in [0.2, 0.25) is 0 Å². The second kappa shape index (κ2) is 7.45. The van der Waals surface area contributed by atoms with Crippen LogP contribution in [-0.4, -0.2) is 36.7 Å². The van der Waals surface area contributed by atoms with E-state index in [-0.39, 0.29) is 11.6 Å². The van der Waals surface area contributed by atoms with Crippen LogP contribution in [0.1, 0.15) is 44.1 Å². The highest BCUT2D eigenvalue weighted by atomic mass is 28.4. The fourth-order valence-corrected chi connectivity index (χ4v) is 4.39. The predicted molar refractivity (Wildman–Crippen MR) is 108 cm³/mol. The van der Waals surface area contributed by atoms with Crippen molar-refractivity contribution in [2.45, 2.75) is 64.6 Å². The van der Waals surface area contributed by atoms with Crippen LogP contribution in [0.25, 0.3) is 11.0 Å². The van der Waals surface area contributed by atoms with Gasteiger partial charge in [-0.25, -0.2) is 4.98 Å². The summed E-state index contributed by atoms with van der Waals surface area (Å²) in [6, 6.07) is 3.98. The fraction of sp³-hybridized carbons (Fsp3) is 0.650. The average molecular weight is 390 g/mol. The molecule has 1 aromatic carbocycles. The SMILES string of the molecule is CC(C)(C)[Si](C)(C)OCC1Cc2cc3nc(CCCO)n[n+]([O-])c3cc2C1. The number of aryl methyl sites for hydroxylation is 1. The van der Waals surface area contributed by atoms with Gasteiger partial charge < -0.3 is 14.7 Å². The molecule has 27 heavy (non-hydrogen) atoms. The second-order valence-corrected chi connectivity index (χ2v) is 14.0. The molecule has 0 saturated carbocycles. The highest BCUT2D eigenvalue weighted by Gasteiger charge is 2.38. The van der Waals surface area contributed by atoms with Crippen LogP contribution >= 0.6 is 0 Å². The third-order valence-electron chi connectivity index (χ3n) is 6.02. The molecule has 1 atom stereocenters. The summed E-state index contributed by atoms with van der Waals surface area (Å²) in [4.78, 5) is 5.20. The molecule has 3 rings (SSSR count). The van der Waals surface area contributed by atoms with E-state index in [4.69, 9.17) is 9.53 Å². The molecule has 0 amide bonds. The van der Waals surface area contributed by atoms with Crippen molar-refractivity contribution in [2.75, 3.05) is 13.2 Å². The quantitative estimate of drug-likeness (QED) is 0.467. The summed E-state index contributed by atoms with van der Waals surface area (Å²) in [5.41, 5.74) is 3.69. The third kappa shape index (κ3) is 4.30. The molecule has 1 aliphatic rings. The lowest BCUT2D eigenvalue weighted by molar-refractivity contribution is -0.644. The van der Waals surface area contributed by atoms with Gasteiger partial charge >= 0.3 is 0 Å². The van der Waals surface area contributed by atoms with Crippen molar-refractivity contribution in [1.29, 1.82) is 0 Å². The van der Waals surface area contributed by atoms with Gasteiger partial charge in [-0.1, -0.05) is 20.8 Å². The Morgan fingerprint density at radius 3 is 2.56 bits per heavy atom. The van der Waals surface area contributed by atoms with Crippen LogP contribution in [0.15, 0.2) is 12.1 Å². The van der Waals surface area contributed by atoms with E-state index in [1.165, 1.54) is 11.1 Å². The maximum Gasteiger partial charge on any atom is 0.270 e. The number of nitrogens with zero attached hydrogens (tertiary/aromatic N) is 3. The van der Waals surface area contributed by atoms with Crippen molar-refractivity contribution in [1.82, 2.24) is 10.1 Å². The van der Waals surface area contributed by atoms with Crippen molar-refractivity contribution in [3.05, 3.63) is 34.3 Å². The summed E-state index contributed by atoms with van der Waals surface area (Å²) in [6.07, 6.45) is 2.97. The van der Waals surface area contributed by atoms with Gasteiger partial charge in [0.1, 0.15) is 5.52 Å². The van der Waals surface area contributed by atoms with E-state index in [9.17, 15) is 5.21 Å². The number of rotatable bonds is 6. The molecule has 0 aliphatic heterocycles. The summed E-state index contributed by atoms with van der Waals surface area (Å²) in [5.74, 6) is 0.940. The van der Waals surface area contributed by atoms with Gasteiger partial charge in [0, 0.05) is 30.8 Å². The molecule has 1 aliphatic carbocycles. The number of aromatic nitrogens is 3. The molecule has 0 spiro atoms. The minimum atomic E-state index is -1.75. The zero-order valence-electron chi connectivity index (χ0n) is 17.1. The van der Waals surface area contributed by atoms with E-state index >= 15 is 0 Å². The molecular weight excluding hydrogens is 358 g/mol. The van der Waals surface area contributed by atoms with Crippen molar-refractivity contribution in [3.8, 4) is 0 Å². The average Bonchev–Trinajstić information content (AvgIpc) is 2.97. The van der Waals surface area contributed by atoms with Crippen molar-refractivity contribution in [2.24, 2.45) is 5.92 Å². The number of hydrogen-bond donors (Lipinski definition) is 1. The molecule has 0 radical (unpaired) electrons. The van der Waals surface area contributed by atoms with Crippen LogP contribution in [0.5, 0.6) is 0 Å². The smallest absolute Gasteiger partial charge is 0.270 e. The molecule has 6 nitrogen and oxygen atoms in total. The van der Waals surface area contributed by atoms with Crippen LogP contribution in [0.4, 0.5) is 0 Å². The highest BCUT2D eigenvalue weighted by molar-refractivity contribution is 6.74. The van der Waals surface area contributed by atoms with Gasteiger partial charge in [-0.05, 0) is 65.4 Å². The maximum absolute atomic E-state index is 12.3. The molecule has 0 bridgehead atoms. The maximum atomic E-state index is 12.3. The van der Waals surface area contributed by atoms with Gasteiger partial charge in [0.15, 0.2) is 14.1 Å². The topological polar surface area (TPSA) is 82.2 Å². The number of benzene rings is 1. The van der Waals surface area contributed by atoms with Crippen LogP contribution in [0, 0.1) is 11.1 Å². The Morgan fingerprint density at radius 1 is 1.26 bits per heavy atom. The number of aliphatic hydroxyl groups is 1. The largest absolute Gasteiger partial charge is 0.594 e. The first kappa shape index (κ1) is 20.2. The molecule has 7 heteroatoms. The van der Waals surface area contributed by atoms with Crippen molar-refractivity contribution in [3.63, 3.8) is 0 Å². The second-order valence-electron chi connectivity index (χ2n) is 9.18. The standard InChI is InChI=1S/C20H31N3O3Si/c1-20(2,3)27(4,5)26-13-14-9-15-11-17-18(12-16(15)10-14)23(25)22-19(21-17)7-6-8-24/h11-12,14,24H,6-10,13H2,1-5H3. The molecule has 0 fully saturated rings. The Labute approximate surface area is 162 Å². The lowest BCUT2D eigenvalue weighted by atomic mass is 10.1. The van der Waals surface area contributed by atoms with Crippen LogP contribution in [0.3, 0.4) is 0 Å².